The van der Waals surface area contributed by atoms with Gasteiger partial charge in [0.05, 0.1) is 5.92 Å². The molecule has 0 saturated carbocycles. The summed E-state index contributed by atoms with van der Waals surface area (Å²) in [4.78, 5) is 14.0. The molecule has 2 heteroatoms. The van der Waals surface area contributed by atoms with E-state index in [0.29, 0.717) is 0 Å². The van der Waals surface area contributed by atoms with Crippen molar-refractivity contribution < 1.29 is 4.79 Å². The average molecular weight is 317 g/mol. The number of carbonyl (C=O) groups excluding carboxylic acids is 1. The van der Waals surface area contributed by atoms with Crippen LogP contribution >= 0.6 is 0 Å². The molecule has 3 aromatic carbocycles. The molecule has 0 bridgehead atoms. The molecule has 0 N–H and O–H groups in total. The average Bonchev–Trinajstić information content (AvgIpc) is 2.65. The second-order valence-electron chi connectivity index (χ2n) is 5.64. The molecule has 0 aliphatic heterocycles. The number of likely N-dealkylation sites (N-methyl/N-ethyl adjacent to an activating group) is 1. The summed E-state index contributed by atoms with van der Waals surface area (Å²) in [5.74, 6) is -0.116. The monoisotopic (exact) mass is 317 g/mol. The molecule has 0 radical (unpaired) electrons. The Hall–Kier alpha value is -2.87. The fourth-order valence-corrected chi connectivity index (χ4v) is 2.41. The Morgan fingerprint density at radius 1 is 0.625 bits per heavy atom. The van der Waals surface area contributed by atoms with Crippen molar-refractivity contribution in [2.45, 2.75) is 5.92 Å². The summed E-state index contributed by atoms with van der Waals surface area (Å²) in [5, 5.41) is 0. The van der Waals surface area contributed by atoms with Gasteiger partial charge in [0.15, 0.2) is 0 Å². The van der Waals surface area contributed by atoms with Crippen LogP contribution in [0.3, 0.4) is 0 Å². The molecular formula is C22H23NO. The normalized spacial score (nSPS) is 9.79. The van der Waals surface area contributed by atoms with E-state index >= 15 is 0 Å². The summed E-state index contributed by atoms with van der Waals surface area (Å²) in [7, 11) is 3.59. The molecule has 3 rings (SSSR count). The van der Waals surface area contributed by atoms with Crippen molar-refractivity contribution in [3.8, 4) is 0 Å². The van der Waals surface area contributed by atoms with Gasteiger partial charge in [-0.3, -0.25) is 4.79 Å². The van der Waals surface area contributed by atoms with Crippen molar-refractivity contribution in [3.05, 3.63) is 108 Å². The molecular weight excluding hydrogens is 294 g/mol. The van der Waals surface area contributed by atoms with Gasteiger partial charge in [0.1, 0.15) is 0 Å². The van der Waals surface area contributed by atoms with E-state index in [1.807, 2.05) is 97.1 Å². The van der Waals surface area contributed by atoms with Crippen LogP contribution in [0.25, 0.3) is 0 Å². The van der Waals surface area contributed by atoms with Gasteiger partial charge in [-0.25, -0.2) is 0 Å². The van der Waals surface area contributed by atoms with E-state index in [1.165, 1.54) is 0 Å². The van der Waals surface area contributed by atoms with Crippen LogP contribution in [0.5, 0.6) is 0 Å². The third-order valence-corrected chi connectivity index (χ3v) is 3.62. The van der Waals surface area contributed by atoms with Crippen molar-refractivity contribution in [2.24, 2.45) is 0 Å². The Bertz CT molecular complexity index is 643. The maximum atomic E-state index is 12.4. The van der Waals surface area contributed by atoms with Crippen LogP contribution in [0.15, 0.2) is 97.1 Å². The number of hydrogen-bond donors (Lipinski definition) is 0. The van der Waals surface area contributed by atoms with Crippen molar-refractivity contribution in [3.63, 3.8) is 0 Å². The molecule has 122 valence electrons. The van der Waals surface area contributed by atoms with Gasteiger partial charge in [-0.15, -0.1) is 0 Å². The Morgan fingerprint density at radius 2 is 0.917 bits per heavy atom. The van der Waals surface area contributed by atoms with Crippen molar-refractivity contribution in [2.75, 3.05) is 14.1 Å². The number of carbonyl (C=O) groups is 1. The molecule has 1 amide bonds. The number of rotatable bonds is 3. The van der Waals surface area contributed by atoms with Gasteiger partial charge in [-0.2, -0.15) is 0 Å². The Labute approximate surface area is 144 Å². The van der Waals surface area contributed by atoms with E-state index in [9.17, 15) is 4.79 Å². The molecule has 24 heavy (non-hydrogen) atoms. The summed E-state index contributed by atoms with van der Waals surface area (Å²) in [6.45, 7) is 0. The van der Waals surface area contributed by atoms with Crippen molar-refractivity contribution >= 4 is 5.91 Å². The summed E-state index contributed by atoms with van der Waals surface area (Å²) in [6, 6.07) is 31.8. The summed E-state index contributed by atoms with van der Waals surface area (Å²) in [6.07, 6.45) is 0. The summed E-state index contributed by atoms with van der Waals surface area (Å²) < 4.78 is 0. The van der Waals surface area contributed by atoms with E-state index in [4.69, 9.17) is 0 Å². The topological polar surface area (TPSA) is 20.3 Å². The first-order chi connectivity index (χ1) is 11.7. The SMILES string of the molecule is CN(C)C(=O)C(c1ccccc1)c1ccccc1.c1ccccc1. The summed E-state index contributed by atoms with van der Waals surface area (Å²) >= 11 is 0. The molecule has 0 heterocycles. The maximum absolute atomic E-state index is 12.4. The zero-order valence-electron chi connectivity index (χ0n) is 14.2. The minimum Gasteiger partial charge on any atom is -0.348 e. The largest absolute Gasteiger partial charge is 0.348 e. The second-order valence-corrected chi connectivity index (χ2v) is 5.64. The second kappa shape index (κ2) is 9.31. The van der Waals surface area contributed by atoms with Crippen LogP contribution in [-0.2, 0) is 4.79 Å². The lowest BCUT2D eigenvalue weighted by Gasteiger charge is -2.21. The zero-order valence-corrected chi connectivity index (χ0v) is 14.2. The van der Waals surface area contributed by atoms with Crippen LogP contribution < -0.4 is 0 Å². The fraction of sp³-hybridized carbons (Fsp3) is 0.136. The highest BCUT2D eigenvalue weighted by molar-refractivity contribution is 5.86. The minimum atomic E-state index is -0.220. The first kappa shape index (κ1) is 17.5. The Kier molecular flexibility index (Phi) is 6.78. The minimum absolute atomic E-state index is 0.104. The zero-order chi connectivity index (χ0) is 17.2. The Balaban J connectivity index is 0.000000292. The lowest BCUT2D eigenvalue weighted by molar-refractivity contribution is -0.129. The van der Waals surface area contributed by atoms with Gasteiger partial charge in [-0.1, -0.05) is 97.1 Å². The molecule has 0 unspecified atom stereocenters. The molecule has 0 spiro atoms. The highest BCUT2D eigenvalue weighted by atomic mass is 16.2. The van der Waals surface area contributed by atoms with Crippen molar-refractivity contribution in [1.29, 1.82) is 0 Å². The molecule has 2 nitrogen and oxygen atoms in total. The van der Waals surface area contributed by atoms with E-state index in [1.54, 1.807) is 19.0 Å². The molecule has 0 aliphatic rings. The van der Waals surface area contributed by atoms with Gasteiger partial charge in [0, 0.05) is 14.1 Å². The lowest BCUT2D eigenvalue weighted by Crippen LogP contribution is -2.28. The number of hydrogen-bond acceptors (Lipinski definition) is 1. The smallest absolute Gasteiger partial charge is 0.234 e. The number of amides is 1. The predicted octanol–water partition coefficient (Wildman–Crippen LogP) is 4.59. The highest BCUT2D eigenvalue weighted by Gasteiger charge is 2.23. The third-order valence-electron chi connectivity index (χ3n) is 3.62. The molecule has 3 aromatic rings. The first-order valence-corrected chi connectivity index (χ1v) is 8.01. The van der Waals surface area contributed by atoms with Crippen LogP contribution in [0.2, 0.25) is 0 Å². The van der Waals surface area contributed by atoms with Crippen LogP contribution in [0, 0.1) is 0 Å². The summed E-state index contributed by atoms with van der Waals surface area (Å²) in [5.41, 5.74) is 2.06. The number of benzene rings is 3. The van der Waals surface area contributed by atoms with Crippen LogP contribution in [-0.4, -0.2) is 24.9 Å². The first-order valence-electron chi connectivity index (χ1n) is 8.01. The van der Waals surface area contributed by atoms with Gasteiger partial charge in [0.25, 0.3) is 0 Å². The van der Waals surface area contributed by atoms with Gasteiger partial charge in [0.2, 0.25) is 5.91 Å². The molecule has 0 atom stereocenters. The van der Waals surface area contributed by atoms with E-state index < -0.39 is 0 Å². The van der Waals surface area contributed by atoms with Crippen molar-refractivity contribution in [1.82, 2.24) is 4.90 Å². The molecule has 0 aromatic heterocycles. The van der Waals surface area contributed by atoms with Gasteiger partial charge < -0.3 is 4.90 Å². The highest BCUT2D eigenvalue weighted by Crippen LogP contribution is 2.25. The third kappa shape index (κ3) is 5.10. The van der Waals surface area contributed by atoms with E-state index in [2.05, 4.69) is 0 Å². The standard InChI is InChI=1S/C16H17NO.C6H6/c1-17(2)16(18)15(13-9-5-3-6-10-13)14-11-7-4-8-12-14;1-2-4-6-5-3-1/h3-12,15H,1-2H3;1-6H. The van der Waals surface area contributed by atoms with E-state index in [0.717, 1.165) is 11.1 Å². The van der Waals surface area contributed by atoms with E-state index in [-0.39, 0.29) is 11.8 Å². The van der Waals surface area contributed by atoms with Crippen LogP contribution in [0.4, 0.5) is 0 Å². The quantitative estimate of drug-likeness (QED) is 0.691. The fourth-order valence-electron chi connectivity index (χ4n) is 2.41. The molecule has 0 fully saturated rings. The predicted molar refractivity (Wildman–Crippen MR) is 99.9 cm³/mol. The maximum Gasteiger partial charge on any atom is 0.234 e. The molecule has 0 saturated heterocycles. The van der Waals surface area contributed by atoms with Gasteiger partial charge in [-0.05, 0) is 11.1 Å². The van der Waals surface area contributed by atoms with Crippen LogP contribution in [0.1, 0.15) is 17.0 Å². The molecule has 0 aliphatic carbocycles. The number of nitrogens with zero attached hydrogens (tertiary/aromatic N) is 1. The van der Waals surface area contributed by atoms with Gasteiger partial charge >= 0.3 is 0 Å². The Morgan fingerprint density at radius 3 is 1.21 bits per heavy atom. The lowest BCUT2D eigenvalue weighted by atomic mass is 9.90.